The fraction of sp³-hybridized carbons (Fsp3) is 0.263. The Balaban J connectivity index is 1.96. The molecule has 0 radical (unpaired) electrons. The lowest BCUT2D eigenvalue weighted by Gasteiger charge is -2.22. The van der Waals surface area contributed by atoms with Crippen molar-refractivity contribution in [2.45, 2.75) is 19.9 Å². The Morgan fingerprint density at radius 2 is 1.83 bits per heavy atom. The molecule has 0 saturated heterocycles. The minimum atomic E-state index is -0.0730. The summed E-state index contributed by atoms with van der Waals surface area (Å²) in [6.45, 7) is 3.17. The molecule has 24 heavy (non-hydrogen) atoms. The van der Waals surface area contributed by atoms with Gasteiger partial charge >= 0.3 is 0 Å². The van der Waals surface area contributed by atoms with E-state index in [0.29, 0.717) is 29.4 Å². The first-order chi connectivity index (χ1) is 11.6. The standard InChI is InChI=1S/C19H19ClN2O2/c1-2-11-22(13-16-5-3-15(12-21)4-6-16)19(23)14-24-18-9-7-17(20)8-10-18/h3-10H,2,11,13-14H2,1H3. The second kappa shape index (κ2) is 8.95. The van der Waals surface area contributed by atoms with Gasteiger partial charge in [0.25, 0.3) is 5.91 Å². The summed E-state index contributed by atoms with van der Waals surface area (Å²) >= 11 is 5.83. The minimum Gasteiger partial charge on any atom is -0.484 e. The van der Waals surface area contributed by atoms with Gasteiger partial charge in [-0.25, -0.2) is 0 Å². The molecule has 1 amide bonds. The van der Waals surface area contributed by atoms with Crippen LogP contribution in [0, 0.1) is 11.3 Å². The zero-order chi connectivity index (χ0) is 17.4. The van der Waals surface area contributed by atoms with Crippen LogP contribution in [0.1, 0.15) is 24.5 Å². The summed E-state index contributed by atoms with van der Waals surface area (Å²) in [6.07, 6.45) is 0.864. The van der Waals surface area contributed by atoms with Crippen molar-refractivity contribution < 1.29 is 9.53 Å². The summed E-state index contributed by atoms with van der Waals surface area (Å²) in [5, 5.41) is 9.47. The number of amides is 1. The van der Waals surface area contributed by atoms with Crippen LogP contribution >= 0.6 is 11.6 Å². The fourth-order valence-electron chi connectivity index (χ4n) is 2.23. The van der Waals surface area contributed by atoms with Crippen LogP contribution in [0.25, 0.3) is 0 Å². The highest BCUT2D eigenvalue weighted by molar-refractivity contribution is 6.30. The Morgan fingerprint density at radius 3 is 2.42 bits per heavy atom. The maximum atomic E-state index is 12.4. The number of rotatable bonds is 7. The van der Waals surface area contributed by atoms with Crippen LogP contribution in [-0.4, -0.2) is 24.0 Å². The SMILES string of the molecule is CCCN(Cc1ccc(C#N)cc1)C(=O)COc1ccc(Cl)cc1. The monoisotopic (exact) mass is 342 g/mol. The fourth-order valence-corrected chi connectivity index (χ4v) is 2.36. The predicted octanol–water partition coefficient (Wildman–Crippen LogP) is 4.03. The molecule has 0 fully saturated rings. The van der Waals surface area contributed by atoms with E-state index in [1.54, 1.807) is 41.3 Å². The van der Waals surface area contributed by atoms with Crippen LogP contribution in [0.15, 0.2) is 48.5 Å². The van der Waals surface area contributed by atoms with Crippen LogP contribution in [-0.2, 0) is 11.3 Å². The number of carbonyl (C=O) groups excluding carboxylic acids is 1. The van der Waals surface area contributed by atoms with E-state index in [-0.39, 0.29) is 12.5 Å². The molecule has 0 aromatic heterocycles. The molecule has 0 unspecified atom stereocenters. The van der Waals surface area contributed by atoms with Crippen LogP contribution < -0.4 is 4.74 Å². The molecule has 0 spiro atoms. The average molecular weight is 343 g/mol. The van der Waals surface area contributed by atoms with Crippen LogP contribution in [0.2, 0.25) is 5.02 Å². The summed E-state index contributed by atoms with van der Waals surface area (Å²) < 4.78 is 5.53. The first kappa shape index (κ1) is 17.8. The van der Waals surface area contributed by atoms with Crippen molar-refractivity contribution in [3.8, 4) is 11.8 Å². The van der Waals surface area contributed by atoms with Gasteiger partial charge in [-0.3, -0.25) is 4.79 Å². The van der Waals surface area contributed by atoms with Gasteiger partial charge in [0.05, 0.1) is 11.6 Å². The van der Waals surface area contributed by atoms with E-state index in [9.17, 15) is 4.79 Å². The number of hydrogen-bond acceptors (Lipinski definition) is 3. The average Bonchev–Trinajstić information content (AvgIpc) is 2.61. The quantitative estimate of drug-likeness (QED) is 0.763. The van der Waals surface area contributed by atoms with Crippen LogP contribution in [0.4, 0.5) is 0 Å². The largest absolute Gasteiger partial charge is 0.484 e. The van der Waals surface area contributed by atoms with E-state index in [0.717, 1.165) is 12.0 Å². The van der Waals surface area contributed by atoms with Gasteiger partial charge in [-0.2, -0.15) is 5.26 Å². The molecule has 0 heterocycles. The second-order valence-electron chi connectivity index (χ2n) is 5.37. The normalized spacial score (nSPS) is 10.0. The van der Waals surface area contributed by atoms with Crippen molar-refractivity contribution in [1.29, 1.82) is 5.26 Å². The maximum Gasteiger partial charge on any atom is 0.260 e. The van der Waals surface area contributed by atoms with E-state index in [1.807, 2.05) is 19.1 Å². The minimum absolute atomic E-state index is 0.0160. The van der Waals surface area contributed by atoms with Crippen LogP contribution in [0.5, 0.6) is 5.75 Å². The number of benzene rings is 2. The molecule has 124 valence electrons. The highest BCUT2D eigenvalue weighted by Crippen LogP contribution is 2.16. The number of nitrogens with zero attached hydrogens (tertiary/aromatic N) is 2. The Bertz CT molecular complexity index is 706. The summed E-state index contributed by atoms with van der Waals surface area (Å²) in [6, 6.07) is 16.3. The predicted molar refractivity (Wildman–Crippen MR) is 93.8 cm³/mol. The Kier molecular flexibility index (Phi) is 6.65. The van der Waals surface area contributed by atoms with Gasteiger partial charge < -0.3 is 9.64 Å². The number of ether oxygens (including phenoxy) is 1. The molecule has 2 aromatic carbocycles. The lowest BCUT2D eigenvalue weighted by atomic mass is 10.1. The van der Waals surface area contributed by atoms with Gasteiger partial charge in [0.2, 0.25) is 0 Å². The molecule has 4 nitrogen and oxygen atoms in total. The smallest absolute Gasteiger partial charge is 0.260 e. The van der Waals surface area contributed by atoms with E-state index < -0.39 is 0 Å². The molecular weight excluding hydrogens is 324 g/mol. The number of nitriles is 1. The van der Waals surface area contributed by atoms with Gasteiger partial charge in [-0.15, -0.1) is 0 Å². The zero-order valence-corrected chi connectivity index (χ0v) is 14.3. The number of halogens is 1. The molecule has 0 aliphatic heterocycles. The molecule has 0 atom stereocenters. The summed E-state index contributed by atoms with van der Waals surface area (Å²) in [5.41, 5.74) is 1.60. The Labute approximate surface area is 147 Å². The van der Waals surface area contributed by atoms with Crippen molar-refractivity contribution in [2.75, 3.05) is 13.2 Å². The third-order valence-corrected chi connectivity index (χ3v) is 3.73. The van der Waals surface area contributed by atoms with Crippen LogP contribution in [0.3, 0.4) is 0 Å². The Morgan fingerprint density at radius 1 is 1.17 bits per heavy atom. The van der Waals surface area contributed by atoms with Crippen molar-refractivity contribution in [1.82, 2.24) is 4.90 Å². The van der Waals surface area contributed by atoms with Gasteiger partial charge in [0.1, 0.15) is 5.75 Å². The third kappa shape index (κ3) is 5.29. The molecule has 5 heteroatoms. The van der Waals surface area contributed by atoms with Crippen molar-refractivity contribution >= 4 is 17.5 Å². The molecule has 2 aromatic rings. The first-order valence-corrected chi connectivity index (χ1v) is 8.15. The molecule has 0 aliphatic rings. The molecule has 0 N–H and O–H groups in total. The molecular formula is C19H19ClN2O2. The van der Waals surface area contributed by atoms with E-state index in [2.05, 4.69) is 6.07 Å². The second-order valence-corrected chi connectivity index (χ2v) is 5.80. The molecule has 0 bridgehead atoms. The van der Waals surface area contributed by atoms with Gasteiger partial charge in [-0.1, -0.05) is 30.7 Å². The summed E-state index contributed by atoms with van der Waals surface area (Å²) in [5.74, 6) is 0.540. The molecule has 0 saturated carbocycles. The van der Waals surface area contributed by atoms with Crippen molar-refractivity contribution in [3.63, 3.8) is 0 Å². The van der Waals surface area contributed by atoms with E-state index in [1.165, 1.54) is 0 Å². The summed E-state index contributed by atoms with van der Waals surface area (Å²) in [4.78, 5) is 14.2. The summed E-state index contributed by atoms with van der Waals surface area (Å²) in [7, 11) is 0. The lowest BCUT2D eigenvalue weighted by molar-refractivity contribution is -0.134. The first-order valence-electron chi connectivity index (χ1n) is 7.77. The lowest BCUT2D eigenvalue weighted by Crippen LogP contribution is -2.35. The van der Waals surface area contributed by atoms with Gasteiger partial charge in [-0.05, 0) is 48.4 Å². The third-order valence-electron chi connectivity index (χ3n) is 3.48. The van der Waals surface area contributed by atoms with E-state index in [4.69, 9.17) is 21.6 Å². The number of hydrogen-bond donors (Lipinski definition) is 0. The van der Waals surface area contributed by atoms with Crippen molar-refractivity contribution in [3.05, 3.63) is 64.7 Å². The zero-order valence-electron chi connectivity index (χ0n) is 13.5. The Hall–Kier alpha value is -2.51. The van der Waals surface area contributed by atoms with Gasteiger partial charge in [0, 0.05) is 18.1 Å². The van der Waals surface area contributed by atoms with Crippen molar-refractivity contribution in [2.24, 2.45) is 0 Å². The number of carbonyl (C=O) groups is 1. The molecule has 2 rings (SSSR count). The topological polar surface area (TPSA) is 53.3 Å². The van der Waals surface area contributed by atoms with Gasteiger partial charge in [0.15, 0.2) is 6.61 Å². The van der Waals surface area contributed by atoms with E-state index >= 15 is 0 Å². The molecule has 0 aliphatic carbocycles. The highest BCUT2D eigenvalue weighted by Gasteiger charge is 2.14. The highest BCUT2D eigenvalue weighted by atomic mass is 35.5. The maximum absolute atomic E-state index is 12.4.